The van der Waals surface area contributed by atoms with Gasteiger partial charge in [-0.15, -0.1) is 0 Å². The average Bonchev–Trinajstić information content (AvgIpc) is 2.80. The smallest absolute Gasteiger partial charge is 0.332 e. The van der Waals surface area contributed by atoms with Crippen molar-refractivity contribution in [2.75, 3.05) is 0 Å². The Bertz CT molecular complexity index is 761. The number of carbonyl (C=O) groups excluding carboxylic acids is 1. The molecular formula is C12H12N4O5. The third-order valence-electron chi connectivity index (χ3n) is 2.80. The van der Waals surface area contributed by atoms with E-state index in [0.717, 1.165) is 12.3 Å². The predicted molar refractivity (Wildman–Crippen MR) is 71.6 cm³/mol. The zero-order valence-corrected chi connectivity index (χ0v) is 11.0. The van der Waals surface area contributed by atoms with Gasteiger partial charge in [-0.1, -0.05) is 0 Å². The highest BCUT2D eigenvalue weighted by Gasteiger charge is 2.16. The fourth-order valence-electron chi connectivity index (χ4n) is 1.84. The second kappa shape index (κ2) is 5.59. The summed E-state index contributed by atoms with van der Waals surface area (Å²) in [7, 11) is 0. The zero-order chi connectivity index (χ0) is 15.6. The molecule has 9 nitrogen and oxygen atoms in total. The normalized spacial score (nSPS) is 10.4. The molecule has 2 aromatic rings. The van der Waals surface area contributed by atoms with Gasteiger partial charge in [-0.2, -0.15) is 0 Å². The van der Waals surface area contributed by atoms with E-state index in [4.69, 9.17) is 10.3 Å². The first kappa shape index (κ1) is 14.5. The van der Waals surface area contributed by atoms with Gasteiger partial charge in [-0.3, -0.25) is 25.1 Å². The van der Waals surface area contributed by atoms with Crippen LogP contribution in [0.4, 0.5) is 5.69 Å². The summed E-state index contributed by atoms with van der Waals surface area (Å²) in [5, 5.41) is 10.7. The Morgan fingerprint density at radius 1 is 1.57 bits per heavy atom. The molecule has 0 aliphatic carbocycles. The van der Waals surface area contributed by atoms with Gasteiger partial charge in [-0.05, 0) is 13.0 Å². The number of aromatic nitrogens is 1. The topological polar surface area (TPSA) is 133 Å². The summed E-state index contributed by atoms with van der Waals surface area (Å²) in [6.45, 7) is 1.81. The molecule has 2 rings (SSSR count). The molecule has 0 saturated carbocycles. The van der Waals surface area contributed by atoms with Gasteiger partial charge >= 0.3 is 11.6 Å². The highest BCUT2D eigenvalue weighted by molar-refractivity contribution is 5.92. The van der Waals surface area contributed by atoms with E-state index in [-0.39, 0.29) is 12.3 Å². The average molecular weight is 292 g/mol. The van der Waals surface area contributed by atoms with Gasteiger partial charge < -0.3 is 8.98 Å². The van der Waals surface area contributed by atoms with Crippen molar-refractivity contribution in [1.29, 1.82) is 0 Å². The molecule has 0 aliphatic rings. The van der Waals surface area contributed by atoms with E-state index in [1.165, 1.54) is 10.8 Å². The number of pyridine rings is 1. The van der Waals surface area contributed by atoms with Crippen LogP contribution in [0.5, 0.6) is 0 Å². The van der Waals surface area contributed by atoms with Crippen LogP contribution in [0.2, 0.25) is 0 Å². The maximum atomic E-state index is 11.4. The molecule has 0 unspecified atom stereocenters. The number of hydrogen-bond acceptors (Lipinski definition) is 6. The quantitative estimate of drug-likeness (QED) is 0.360. The Kier molecular flexibility index (Phi) is 3.85. The predicted octanol–water partition coefficient (Wildman–Crippen LogP) is 0.310. The molecular weight excluding hydrogens is 280 g/mol. The molecule has 0 fully saturated rings. The van der Waals surface area contributed by atoms with E-state index < -0.39 is 21.9 Å². The van der Waals surface area contributed by atoms with Crippen LogP contribution in [-0.4, -0.2) is 15.4 Å². The first-order valence-electron chi connectivity index (χ1n) is 5.87. The molecule has 0 atom stereocenters. The summed E-state index contributed by atoms with van der Waals surface area (Å²) in [5.41, 5.74) is 1.35. The van der Waals surface area contributed by atoms with Gasteiger partial charge in [0.05, 0.1) is 17.7 Å². The van der Waals surface area contributed by atoms with Gasteiger partial charge in [0.2, 0.25) is 0 Å². The number of nitrogens with one attached hydrogen (secondary N) is 1. The number of amides is 1. The second-order valence-electron chi connectivity index (χ2n) is 4.32. The maximum absolute atomic E-state index is 11.4. The number of nitro groups is 1. The van der Waals surface area contributed by atoms with Crippen LogP contribution >= 0.6 is 0 Å². The Morgan fingerprint density at radius 2 is 2.29 bits per heavy atom. The van der Waals surface area contributed by atoms with Crippen LogP contribution in [0, 0.1) is 17.0 Å². The molecule has 9 heteroatoms. The zero-order valence-electron chi connectivity index (χ0n) is 11.0. The van der Waals surface area contributed by atoms with Crippen molar-refractivity contribution in [2.45, 2.75) is 13.5 Å². The molecule has 0 saturated heterocycles. The lowest BCUT2D eigenvalue weighted by Crippen LogP contribution is -2.30. The summed E-state index contributed by atoms with van der Waals surface area (Å²) < 4.78 is 6.76. The van der Waals surface area contributed by atoms with Crippen molar-refractivity contribution in [3.63, 3.8) is 0 Å². The fourth-order valence-corrected chi connectivity index (χ4v) is 1.84. The number of nitrogens with zero attached hydrogens (tertiary/aromatic N) is 2. The van der Waals surface area contributed by atoms with E-state index in [1.807, 2.05) is 5.43 Å². The van der Waals surface area contributed by atoms with E-state index in [1.54, 1.807) is 13.0 Å². The molecule has 3 N–H and O–H groups in total. The number of hydrogen-bond donors (Lipinski definition) is 2. The summed E-state index contributed by atoms with van der Waals surface area (Å²) >= 11 is 0. The Labute approximate surface area is 118 Å². The van der Waals surface area contributed by atoms with Gasteiger partial charge in [0, 0.05) is 17.8 Å². The van der Waals surface area contributed by atoms with Gasteiger partial charge in [-0.25, -0.2) is 5.84 Å². The standard InChI is InChI=1S/C12H12N4O5/c1-7-4-8(21-11(7)12(18)14-13)5-15-3-2-10(17)9(6-15)16(19)20/h2-4,6H,5,13H2,1H3,(H,14,18). The summed E-state index contributed by atoms with van der Waals surface area (Å²) in [6.07, 6.45) is 2.51. The maximum Gasteiger partial charge on any atom is 0.332 e. The van der Waals surface area contributed by atoms with Crippen molar-refractivity contribution in [3.8, 4) is 0 Å². The van der Waals surface area contributed by atoms with Crippen LogP contribution in [0.25, 0.3) is 0 Å². The molecule has 2 aromatic heterocycles. The van der Waals surface area contributed by atoms with Crippen LogP contribution in [0.3, 0.4) is 0 Å². The molecule has 110 valence electrons. The number of carbonyl (C=O) groups is 1. The van der Waals surface area contributed by atoms with Crippen molar-refractivity contribution in [3.05, 3.63) is 61.9 Å². The van der Waals surface area contributed by atoms with Gasteiger partial charge in [0.15, 0.2) is 5.76 Å². The van der Waals surface area contributed by atoms with E-state index >= 15 is 0 Å². The number of furan rings is 1. The molecule has 1 amide bonds. The van der Waals surface area contributed by atoms with Crippen LogP contribution in [0.1, 0.15) is 21.9 Å². The number of aryl methyl sites for hydroxylation is 1. The highest BCUT2D eigenvalue weighted by atomic mass is 16.6. The van der Waals surface area contributed by atoms with Crippen molar-refractivity contribution in [1.82, 2.24) is 9.99 Å². The van der Waals surface area contributed by atoms with E-state index in [2.05, 4.69) is 0 Å². The molecule has 0 radical (unpaired) electrons. The monoisotopic (exact) mass is 292 g/mol. The van der Waals surface area contributed by atoms with Crippen molar-refractivity contribution >= 4 is 11.6 Å². The third-order valence-corrected chi connectivity index (χ3v) is 2.80. The lowest BCUT2D eigenvalue weighted by molar-refractivity contribution is -0.386. The van der Waals surface area contributed by atoms with E-state index in [0.29, 0.717) is 11.3 Å². The van der Waals surface area contributed by atoms with Gasteiger partial charge in [0.1, 0.15) is 5.76 Å². The third kappa shape index (κ3) is 2.98. The van der Waals surface area contributed by atoms with E-state index in [9.17, 15) is 19.7 Å². The molecule has 2 heterocycles. The lowest BCUT2D eigenvalue weighted by atomic mass is 10.2. The molecule has 0 aromatic carbocycles. The molecule has 0 spiro atoms. The van der Waals surface area contributed by atoms with Gasteiger partial charge in [0.25, 0.3) is 5.43 Å². The summed E-state index contributed by atoms with van der Waals surface area (Å²) in [4.78, 5) is 32.7. The molecule has 0 bridgehead atoms. The summed E-state index contributed by atoms with van der Waals surface area (Å²) in [5.74, 6) is 4.94. The lowest BCUT2D eigenvalue weighted by Gasteiger charge is -2.03. The Morgan fingerprint density at radius 3 is 2.90 bits per heavy atom. The minimum Gasteiger partial charge on any atom is -0.454 e. The second-order valence-corrected chi connectivity index (χ2v) is 4.32. The van der Waals surface area contributed by atoms with Crippen molar-refractivity contribution in [2.24, 2.45) is 5.84 Å². The minimum absolute atomic E-state index is 0.0723. The number of hydrazine groups is 1. The van der Waals surface area contributed by atoms with Crippen molar-refractivity contribution < 1.29 is 14.1 Å². The Balaban J connectivity index is 2.31. The summed E-state index contributed by atoms with van der Waals surface area (Å²) in [6, 6.07) is 2.72. The van der Waals surface area contributed by atoms with Crippen LogP contribution in [0.15, 0.2) is 33.7 Å². The SMILES string of the molecule is Cc1cc(Cn2ccc(=O)c([N+](=O)[O-])c2)oc1C(=O)NN. The number of nitrogen functional groups attached to an aromatic ring is 1. The first-order valence-corrected chi connectivity index (χ1v) is 5.87. The molecule has 21 heavy (non-hydrogen) atoms. The largest absolute Gasteiger partial charge is 0.454 e. The minimum atomic E-state index is -0.750. The number of rotatable bonds is 4. The number of nitrogens with two attached hydrogens (primary N) is 1. The molecule has 0 aliphatic heterocycles. The van der Waals surface area contributed by atoms with Crippen LogP contribution in [-0.2, 0) is 6.54 Å². The van der Waals surface area contributed by atoms with Crippen LogP contribution < -0.4 is 16.7 Å². The first-order chi connectivity index (χ1) is 9.92. The Hall–Kier alpha value is -2.94. The fraction of sp³-hybridized carbons (Fsp3) is 0.167. The highest BCUT2D eigenvalue weighted by Crippen LogP contribution is 2.16.